The third kappa shape index (κ3) is 6.92. The van der Waals surface area contributed by atoms with E-state index in [4.69, 9.17) is 21.4 Å². The number of imidazole rings is 1. The molecule has 34 heavy (non-hydrogen) atoms. The molecule has 0 aliphatic carbocycles. The molecule has 0 unspecified atom stereocenters. The number of anilines is 1. The Morgan fingerprint density at radius 1 is 1.09 bits per heavy atom. The van der Waals surface area contributed by atoms with Crippen molar-refractivity contribution in [3.05, 3.63) is 81.9 Å². The van der Waals surface area contributed by atoms with Gasteiger partial charge >= 0.3 is 5.97 Å². The topological polar surface area (TPSA) is 93.5 Å². The van der Waals surface area contributed by atoms with Crippen LogP contribution in [-0.2, 0) is 46.7 Å². The molecule has 0 aliphatic heterocycles. The first-order chi connectivity index (χ1) is 16.4. The van der Waals surface area contributed by atoms with Crippen molar-refractivity contribution in [1.29, 1.82) is 0 Å². The maximum Gasteiger partial charge on any atom is 0.307 e. The zero-order valence-corrected chi connectivity index (χ0v) is 20.3. The predicted octanol–water partition coefficient (Wildman–Crippen LogP) is 4.88. The molecule has 0 radical (unpaired) electrons. The Bertz CT molecular complexity index is 1130. The van der Waals surface area contributed by atoms with Crippen LogP contribution in [-0.4, -0.2) is 33.6 Å². The molecule has 0 saturated carbocycles. The van der Waals surface area contributed by atoms with Crippen LogP contribution in [0.5, 0.6) is 0 Å². The van der Waals surface area contributed by atoms with Crippen LogP contribution < -0.4 is 5.32 Å². The van der Waals surface area contributed by atoms with Crippen molar-refractivity contribution in [2.24, 2.45) is 0 Å². The maximum absolute atomic E-state index is 12.6. The highest BCUT2D eigenvalue weighted by Crippen LogP contribution is 2.22. The number of benzene rings is 2. The first-order valence-electron chi connectivity index (χ1n) is 11.3. The molecule has 3 rings (SSSR count). The molecule has 0 saturated heterocycles. The summed E-state index contributed by atoms with van der Waals surface area (Å²) in [7, 11) is 1.64. The van der Waals surface area contributed by atoms with Gasteiger partial charge in [0.1, 0.15) is 5.82 Å². The minimum Gasteiger partial charge on any atom is -0.481 e. The molecule has 0 atom stereocenters. The summed E-state index contributed by atoms with van der Waals surface area (Å²) in [6.07, 6.45) is 2.94. The average molecular weight is 484 g/mol. The number of methoxy groups -OCH3 is 1. The molecule has 0 spiro atoms. The van der Waals surface area contributed by atoms with Gasteiger partial charge in [-0.1, -0.05) is 61.3 Å². The van der Waals surface area contributed by atoms with Gasteiger partial charge < -0.3 is 19.7 Å². The van der Waals surface area contributed by atoms with Gasteiger partial charge in [0.05, 0.1) is 25.1 Å². The van der Waals surface area contributed by atoms with E-state index in [1.165, 1.54) is 0 Å². The number of carbonyl (C=O) groups excluding carboxylic acids is 1. The smallest absolute Gasteiger partial charge is 0.307 e. The number of rotatable bonds is 12. The van der Waals surface area contributed by atoms with Gasteiger partial charge in [-0.2, -0.15) is 0 Å². The number of hydrogen-bond donors (Lipinski definition) is 2. The lowest BCUT2D eigenvalue weighted by Crippen LogP contribution is -2.16. The standard InChI is InChI=1S/C26H30ClN3O4/c1-3-4-9-23-29-26(27)22(17-34-2)30(23)16-18-10-12-21(13-11-18)28-24(31)14-19-7-5-6-8-20(19)15-25(32)33/h5-8,10-13H,3-4,9,14-17H2,1-2H3,(H,28,31)(H,32,33). The van der Waals surface area contributed by atoms with Gasteiger partial charge in [-0.15, -0.1) is 0 Å². The van der Waals surface area contributed by atoms with Crippen molar-refractivity contribution in [2.45, 2.75) is 52.2 Å². The Hall–Kier alpha value is -3.16. The number of carboxylic acids is 1. The second-order valence-electron chi connectivity index (χ2n) is 8.15. The molecule has 7 nitrogen and oxygen atoms in total. The summed E-state index contributed by atoms with van der Waals surface area (Å²) in [5, 5.41) is 12.4. The number of nitrogens with zero attached hydrogens (tertiary/aromatic N) is 2. The van der Waals surface area contributed by atoms with Gasteiger partial charge in [0.15, 0.2) is 5.15 Å². The highest BCUT2D eigenvalue weighted by molar-refractivity contribution is 6.30. The molecule has 2 aromatic carbocycles. The van der Waals surface area contributed by atoms with Crippen molar-refractivity contribution in [1.82, 2.24) is 9.55 Å². The number of ether oxygens (including phenoxy) is 1. The number of halogens is 1. The summed E-state index contributed by atoms with van der Waals surface area (Å²) in [5.41, 5.74) is 3.93. The van der Waals surface area contributed by atoms with Crippen LogP contribution in [0.3, 0.4) is 0 Å². The van der Waals surface area contributed by atoms with Gasteiger partial charge in [-0.3, -0.25) is 9.59 Å². The molecule has 8 heteroatoms. The van der Waals surface area contributed by atoms with Crippen LogP contribution >= 0.6 is 11.6 Å². The minimum atomic E-state index is -0.922. The predicted molar refractivity (Wildman–Crippen MR) is 132 cm³/mol. The largest absolute Gasteiger partial charge is 0.481 e. The Kier molecular flexibility index (Phi) is 9.24. The zero-order chi connectivity index (χ0) is 24.5. The maximum atomic E-state index is 12.6. The Labute approximate surface area is 204 Å². The quantitative estimate of drug-likeness (QED) is 0.383. The number of unbranched alkanes of at least 4 members (excludes halogenated alkanes) is 1. The van der Waals surface area contributed by atoms with E-state index in [0.29, 0.717) is 35.1 Å². The number of nitrogens with one attached hydrogen (secondary N) is 1. The fourth-order valence-corrected chi connectivity index (χ4v) is 4.07. The number of aliphatic carboxylic acids is 1. The van der Waals surface area contributed by atoms with E-state index >= 15 is 0 Å². The van der Waals surface area contributed by atoms with E-state index in [1.54, 1.807) is 31.4 Å². The van der Waals surface area contributed by atoms with Gasteiger partial charge in [-0.25, -0.2) is 4.98 Å². The van der Waals surface area contributed by atoms with Crippen LogP contribution in [0.2, 0.25) is 5.15 Å². The van der Waals surface area contributed by atoms with Crippen LogP contribution in [0.4, 0.5) is 5.69 Å². The summed E-state index contributed by atoms with van der Waals surface area (Å²) in [5.74, 6) is -0.179. The fourth-order valence-electron chi connectivity index (χ4n) is 3.81. The molecule has 0 aliphatic rings. The molecule has 3 aromatic rings. The monoisotopic (exact) mass is 483 g/mol. The van der Waals surface area contributed by atoms with E-state index in [2.05, 4.69) is 21.8 Å². The Morgan fingerprint density at radius 2 is 1.76 bits per heavy atom. The normalized spacial score (nSPS) is 10.9. The summed E-state index contributed by atoms with van der Waals surface area (Å²) in [6, 6.07) is 14.7. The molecule has 1 heterocycles. The number of aryl methyl sites for hydroxylation is 1. The summed E-state index contributed by atoms with van der Waals surface area (Å²) in [6.45, 7) is 3.13. The highest BCUT2D eigenvalue weighted by atomic mass is 35.5. The van der Waals surface area contributed by atoms with Gasteiger partial charge in [0.2, 0.25) is 5.91 Å². The van der Waals surface area contributed by atoms with E-state index < -0.39 is 5.97 Å². The van der Waals surface area contributed by atoms with E-state index in [1.807, 2.05) is 24.3 Å². The van der Waals surface area contributed by atoms with Crippen molar-refractivity contribution in [3.63, 3.8) is 0 Å². The van der Waals surface area contributed by atoms with Crippen molar-refractivity contribution >= 4 is 29.2 Å². The molecular formula is C26H30ClN3O4. The molecule has 0 fully saturated rings. The minimum absolute atomic E-state index is 0.109. The van der Waals surface area contributed by atoms with E-state index in [-0.39, 0.29) is 18.7 Å². The number of hydrogen-bond acceptors (Lipinski definition) is 4. The second kappa shape index (κ2) is 12.3. The molecule has 1 aromatic heterocycles. The highest BCUT2D eigenvalue weighted by Gasteiger charge is 2.16. The number of amides is 1. The van der Waals surface area contributed by atoms with Crippen LogP contribution in [0.25, 0.3) is 0 Å². The second-order valence-corrected chi connectivity index (χ2v) is 8.51. The lowest BCUT2D eigenvalue weighted by atomic mass is 10.0. The number of aromatic nitrogens is 2. The van der Waals surface area contributed by atoms with Crippen molar-refractivity contribution in [3.8, 4) is 0 Å². The third-order valence-electron chi connectivity index (χ3n) is 5.53. The first kappa shape index (κ1) is 25.5. The lowest BCUT2D eigenvalue weighted by molar-refractivity contribution is -0.136. The molecule has 180 valence electrons. The SMILES string of the molecule is CCCCc1nc(Cl)c(COC)n1Cc1ccc(NC(=O)Cc2ccccc2CC(=O)O)cc1. The van der Waals surface area contributed by atoms with Crippen LogP contribution in [0.1, 0.15) is 48.0 Å². The molecule has 1 amide bonds. The summed E-state index contributed by atoms with van der Waals surface area (Å²) >= 11 is 6.37. The molecule has 0 bridgehead atoms. The Balaban J connectivity index is 1.68. The Morgan fingerprint density at radius 3 is 2.38 bits per heavy atom. The summed E-state index contributed by atoms with van der Waals surface area (Å²) < 4.78 is 7.43. The zero-order valence-electron chi connectivity index (χ0n) is 19.5. The van der Waals surface area contributed by atoms with Crippen molar-refractivity contribution < 1.29 is 19.4 Å². The molecular weight excluding hydrogens is 454 g/mol. The summed E-state index contributed by atoms with van der Waals surface area (Å²) in [4.78, 5) is 28.2. The van der Waals surface area contributed by atoms with Crippen LogP contribution in [0.15, 0.2) is 48.5 Å². The van der Waals surface area contributed by atoms with E-state index in [0.717, 1.165) is 36.3 Å². The molecule has 2 N–H and O–H groups in total. The first-order valence-corrected chi connectivity index (χ1v) is 11.7. The number of carboxylic acid groups (broad SMARTS) is 1. The van der Waals surface area contributed by atoms with Gasteiger partial charge in [-0.05, 0) is 35.2 Å². The van der Waals surface area contributed by atoms with Gasteiger partial charge in [0.25, 0.3) is 0 Å². The lowest BCUT2D eigenvalue weighted by Gasteiger charge is -2.13. The van der Waals surface area contributed by atoms with E-state index in [9.17, 15) is 9.59 Å². The van der Waals surface area contributed by atoms with Crippen LogP contribution in [0, 0.1) is 0 Å². The average Bonchev–Trinajstić information content (AvgIpc) is 3.09. The van der Waals surface area contributed by atoms with Crippen molar-refractivity contribution in [2.75, 3.05) is 12.4 Å². The number of carbonyl (C=O) groups is 2. The van der Waals surface area contributed by atoms with Gasteiger partial charge in [0, 0.05) is 25.8 Å². The third-order valence-corrected chi connectivity index (χ3v) is 5.83. The fraction of sp³-hybridized carbons (Fsp3) is 0.346.